The molecule has 1 aromatic carbocycles. The molecule has 0 fully saturated rings. The number of rotatable bonds is 4. The lowest BCUT2D eigenvalue weighted by molar-refractivity contribution is -0.384. The summed E-state index contributed by atoms with van der Waals surface area (Å²) < 4.78 is 37.3. The second-order valence-electron chi connectivity index (χ2n) is 3.78. The SMILES string of the molecule is CCC(O)(O)Nc1ccc(C(F)(F)F)cc1[N+](=O)[O-]. The van der Waals surface area contributed by atoms with E-state index in [2.05, 4.69) is 0 Å². The summed E-state index contributed by atoms with van der Waals surface area (Å²) in [7, 11) is 0. The fourth-order valence-corrected chi connectivity index (χ4v) is 1.27. The van der Waals surface area contributed by atoms with Crippen LogP contribution in [0.1, 0.15) is 18.9 Å². The van der Waals surface area contributed by atoms with Crippen molar-refractivity contribution in [1.29, 1.82) is 0 Å². The van der Waals surface area contributed by atoms with Crippen molar-refractivity contribution in [2.45, 2.75) is 25.4 Å². The monoisotopic (exact) mass is 280 g/mol. The van der Waals surface area contributed by atoms with Crippen molar-refractivity contribution < 1.29 is 28.3 Å². The topological polar surface area (TPSA) is 95.6 Å². The summed E-state index contributed by atoms with van der Waals surface area (Å²) in [5, 5.41) is 31.3. The predicted molar refractivity (Wildman–Crippen MR) is 59.2 cm³/mol. The number of anilines is 1. The van der Waals surface area contributed by atoms with E-state index in [0.717, 1.165) is 6.07 Å². The Labute approximate surface area is 105 Å². The molecule has 0 atom stereocenters. The van der Waals surface area contributed by atoms with Gasteiger partial charge in [-0.1, -0.05) is 6.92 Å². The molecule has 0 aliphatic carbocycles. The van der Waals surface area contributed by atoms with Gasteiger partial charge < -0.3 is 15.5 Å². The van der Waals surface area contributed by atoms with Gasteiger partial charge in [0.25, 0.3) is 5.69 Å². The van der Waals surface area contributed by atoms with Crippen molar-refractivity contribution in [2.24, 2.45) is 0 Å². The van der Waals surface area contributed by atoms with Gasteiger partial charge in [-0.2, -0.15) is 13.2 Å². The van der Waals surface area contributed by atoms with Gasteiger partial charge in [0, 0.05) is 12.5 Å². The van der Waals surface area contributed by atoms with Crippen molar-refractivity contribution >= 4 is 11.4 Å². The maximum absolute atomic E-state index is 12.4. The number of nitrogens with one attached hydrogen (secondary N) is 1. The van der Waals surface area contributed by atoms with Crippen LogP contribution < -0.4 is 5.32 Å². The molecule has 0 aliphatic heterocycles. The summed E-state index contributed by atoms with van der Waals surface area (Å²) in [6.45, 7) is 1.38. The Morgan fingerprint density at radius 2 is 1.95 bits per heavy atom. The van der Waals surface area contributed by atoms with Gasteiger partial charge >= 0.3 is 6.18 Å². The highest BCUT2D eigenvalue weighted by Gasteiger charge is 2.34. The number of alkyl halides is 3. The first-order valence-corrected chi connectivity index (χ1v) is 5.15. The van der Waals surface area contributed by atoms with Crippen LogP contribution in [0.2, 0.25) is 0 Å². The van der Waals surface area contributed by atoms with Crippen molar-refractivity contribution in [3.8, 4) is 0 Å². The van der Waals surface area contributed by atoms with Crippen molar-refractivity contribution in [3.05, 3.63) is 33.9 Å². The standard InChI is InChI=1S/C10H11F3N2O4/c1-2-9(16,17)14-7-4-3-6(10(11,12)13)5-8(7)15(18)19/h3-5,14,16-17H,2H2,1H3. The average Bonchev–Trinajstić information content (AvgIpc) is 2.27. The van der Waals surface area contributed by atoms with E-state index in [4.69, 9.17) is 0 Å². The van der Waals surface area contributed by atoms with Gasteiger partial charge in [0.1, 0.15) is 5.69 Å². The predicted octanol–water partition coefficient (Wildman–Crippen LogP) is 2.07. The van der Waals surface area contributed by atoms with Gasteiger partial charge in [0.15, 0.2) is 0 Å². The molecule has 0 aromatic heterocycles. The zero-order valence-corrected chi connectivity index (χ0v) is 9.73. The van der Waals surface area contributed by atoms with E-state index in [0.29, 0.717) is 12.1 Å². The van der Waals surface area contributed by atoms with Crippen LogP contribution in [0.15, 0.2) is 18.2 Å². The summed E-state index contributed by atoms with van der Waals surface area (Å²) in [6, 6.07) is 1.72. The largest absolute Gasteiger partial charge is 0.416 e. The van der Waals surface area contributed by atoms with Crippen LogP contribution in [0.5, 0.6) is 0 Å². The minimum absolute atomic E-state index is 0.217. The molecular weight excluding hydrogens is 269 g/mol. The Bertz CT molecular complexity index is 488. The summed E-state index contributed by atoms with van der Waals surface area (Å²) in [5.41, 5.74) is -2.50. The Balaban J connectivity index is 3.24. The zero-order valence-electron chi connectivity index (χ0n) is 9.73. The lowest BCUT2D eigenvalue weighted by atomic mass is 10.1. The highest BCUT2D eigenvalue weighted by atomic mass is 19.4. The molecule has 19 heavy (non-hydrogen) atoms. The summed E-state index contributed by atoms with van der Waals surface area (Å²) in [6.07, 6.45) is -4.94. The maximum atomic E-state index is 12.4. The van der Waals surface area contributed by atoms with Gasteiger partial charge in [-0.05, 0) is 12.1 Å². The lowest BCUT2D eigenvalue weighted by Crippen LogP contribution is -2.37. The van der Waals surface area contributed by atoms with Crippen molar-refractivity contribution in [3.63, 3.8) is 0 Å². The van der Waals surface area contributed by atoms with Crippen molar-refractivity contribution in [2.75, 3.05) is 5.32 Å². The highest BCUT2D eigenvalue weighted by Crippen LogP contribution is 2.35. The first kappa shape index (κ1) is 15.2. The number of nitro benzene ring substituents is 1. The molecule has 0 saturated heterocycles. The number of hydrogen-bond acceptors (Lipinski definition) is 5. The van der Waals surface area contributed by atoms with E-state index in [-0.39, 0.29) is 6.42 Å². The molecule has 0 amide bonds. The Morgan fingerprint density at radius 3 is 2.37 bits per heavy atom. The normalized spacial score (nSPS) is 12.3. The average molecular weight is 280 g/mol. The first-order chi connectivity index (χ1) is 8.57. The van der Waals surface area contributed by atoms with E-state index < -0.39 is 33.9 Å². The van der Waals surface area contributed by atoms with Gasteiger partial charge in [0.05, 0.1) is 10.5 Å². The molecule has 0 saturated carbocycles. The molecule has 0 heterocycles. The van der Waals surface area contributed by atoms with Gasteiger partial charge in [-0.15, -0.1) is 0 Å². The Kier molecular flexibility index (Phi) is 4.01. The number of benzene rings is 1. The lowest BCUT2D eigenvalue weighted by Gasteiger charge is -2.22. The zero-order chi connectivity index (χ0) is 14.8. The molecule has 6 nitrogen and oxygen atoms in total. The highest BCUT2D eigenvalue weighted by molar-refractivity contribution is 5.63. The smallest absolute Gasteiger partial charge is 0.349 e. The first-order valence-electron chi connectivity index (χ1n) is 5.15. The van der Waals surface area contributed by atoms with Gasteiger partial charge in [-0.25, -0.2) is 0 Å². The molecule has 1 aromatic rings. The van der Waals surface area contributed by atoms with E-state index in [9.17, 15) is 33.5 Å². The Hall–Kier alpha value is -1.87. The van der Waals surface area contributed by atoms with E-state index in [1.165, 1.54) is 6.92 Å². The molecule has 0 aliphatic rings. The molecule has 3 N–H and O–H groups in total. The minimum atomic E-state index is -4.72. The second-order valence-corrected chi connectivity index (χ2v) is 3.78. The maximum Gasteiger partial charge on any atom is 0.416 e. The van der Waals surface area contributed by atoms with Crippen LogP contribution in [0, 0.1) is 10.1 Å². The van der Waals surface area contributed by atoms with E-state index >= 15 is 0 Å². The van der Waals surface area contributed by atoms with Crippen LogP contribution in [0.3, 0.4) is 0 Å². The van der Waals surface area contributed by atoms with E-state index in [1.807, 2.05) is 5.32 Å². The van der Waals surface area contributed by atoms with Crippen LogP contribution in [0.4, 0.5) is 24.5 Å². The number of aliphatic hydroxyl groups is 2. The van der Waals surface area contributed by atoms with Crippen LogP contribution in [-0.2, 0) is 6.18 Å². The molecular formula is C10H11F3N2O4. The molecule has 0 radical (unpaired) electrons. The van der Waals surface area contributed by atoms with Crippen LogP contribution >= 0.6 is 0 Å². The molecule has 0 unspecified atom stereocenters. The summed E-state index contributed by atoms with van der Waals surface area (Å²) in [5.74, 6) is -2.44. The number of nitro groups is 1. The molecule has 9 heteroatoms. The van der Waals surface area contributed by atoms with Gasteiger partial charge in [-0.3, -0.25) is 10.1 Å². The summed E-state index contributed by atoms with van der Waals surface area (Å²) in [4.78, 5) is 9.67. The third-order valence-electron chi connectivity index (χ3n) is 2.35. The number of hydrogen-bond donors (Lipinski definition) is 3. The fraction of sp³-hybridized carbons (Fsp3) is 0.400. The minimum Gasteiger partial charge on any atom is -0.349 e. The van der Waals surface area contributed by atoms with E-state index in [1.54, 1.807) is 0 Å². The summed E-state index contributed by atoms with van der Waals surface area (Å²) >= 11 is 0. The fourth-order valence-electron chi connectivity index (χ4n) is 1.27. The third-order valence-corrected chi connectivity index (χ3v) is 2.35. The molecule has 106 valence electrons. The second kappa shape index (κ2) is 5.02. The molecule has 1 rings (SSSR count). The Morgan fingerprint density at radius 1 is 1.37 bits per heavy atom. The third kappa shape index (κ3) is 3.80. The van der Waals surface area contributed by atoms with Crippen LogP contribution in [-0.4, -0.2) is 21.0 Å². The molecule has 0 spiro atoms. The van der Waals surface area contributed by atoms with Crippen LogP contribution in [0.25, 0.3) is 0 Å². The van der Waals surface area contributed by atoms with Crippen molar-refractivity contribution in [1.82, 2.24) is 0 Å². The molecule has 0 bridgehead atoms. The number of halogens is 3. The number of nitrogens with zero attached hydrogens (tertiary/aromatic N) is 1. The van der Waals surface area contributed by atoms with Gasteiger partial charge in [0.2, 0.25) is 5.91 Å². The quantitative estimate of drug-likeness (QED) is 0.446.